The van der Waals surface area contributed by atoms with Crippen LogP contribution in [0.15, 0.2) is 30.3 Å². The van der Waals surface area contributed by atoms with Crippen LogP contribution in [0.3, 0.4) is 0 Å². The number of carbonyl (C=O) groups is 1. The number of likely N-dealkylation sites (N-methyl/N-ethyl adjacent to an activating group) is 1. The molecular weight excluding hydrogens is 205 g/mol. The zero-order valence-electron chi connectivity index (χ0n) is 10.2. The van der Waals surface area contributed by atoms with Crippen LogP contribution in [0.2, 0.25) is 0 Å². The summed E-state index contributed by atoms with van der Waals surface area (Å²) in [4.78, 5) is 13.4. The van der Waals surface area contributed by atoms with Crippen LogP contribution in [-0.4, -0.2) is 31.6 Å². The summed E-state index contributed by atoms with van der Waals surface area (Å²) in [6, 6.07) is 9.85. The lowest BCUT2D eigenvalue weighted by Gasteiger charge is -2.15. The highest BCUT2D eigenvalue weighted by atomic mass is 19.1. The molecule has 0 fully saturated rings. The van der Waals surface area contributed by atoms with Crippen LogP contribution in [0.4, 0.5) is 4.39 Å². The Hall–Kier alpha value is -1.38. The molecule has 0 saturated heterocycles. The van der Waals surface area contributed by atoms with Crippen LogP contribution < -0.4 is 0 Å². The van der Waals surface area contributed by atoms with Gasteiger partial charge in [-0.1, -0.05) is 37.3 Å². The molecule has 1 aromatic rings. The summed E-state index contributed by atoms with van der Waals surface area (Å²) in [5, 5.41) is 0. The smallest absolute Gasteiger partial charge is 0.226 e. The van der Waals surface area contributed by atoms with Gasteiger partial charge in [0.15, 0.2) is 0 Å². The van der Waals surface area contributed by atoms with Gasteiger partial charge in [-0.15, -0.1) is 0 Å². The molecule has 0 heterocycles. The van der Waals surface area contributed by atoms with Gasteiger partial charge in [-0.2, -0.15) is 0 Å². The minimum atomic E-state index is 0.193. The Morgan fingerprint density at radius 2 is 1.81 bits per heavy atom. The standard InChI is InChI=1S/C12H17NO.CH3F/c1-3-9-13(2)12(14)10-11-7-5-4-6-8-11;1-2/h4-8H,3,9-10H2,1-2H3;1H3. The number of alkyl halides is 1. The maximum absolute atomic E-state index is 11.6. The van der Waals surface area contributed by atoms with Gasteiger partial charge >= 0.3 is 0 Å². The minimum Gasteiger partial charge on any atom is -0.345 e. The van der Waals surface area contributed by atoms with E-state index in [4.69, 9.17) is 0 Å². The molecule has 2 nitrogen and oxygen atoms in total. The molecule has 1 aromatic carbocycles. The third kappa shape index (κ3) is 5.49. The molecule has 0 aliphatic heterocycles. The Morgan fingerprint density at radius 1 is 1.25 bits per heavy atom. The van der Waals surface area contributed by atoms with Gasteiger partial charge < -0.3 is 4.90 Å². The van der Waals surface area contributed by atoms with Crippen LogP contribution in [0, 0.1) is 0 Å². The Balaban J connectivity index is 0.00000106. The number of hydrogen-bond donors (Lipinski definition) is 0. The molecule has 0 saturated carbocycles. The summed E-state index contributed by atoms with van der Waals surface area (Å²) < 4.78 is 9.50. The first-order valence-corrected chi connectivity index (χ1v) is 5.39. The monoisotopic (exact) mass is 225 g/mol. The SMILES string of the molecule is CCCN(C)C(=O)Cc1ccccc1.CF. The van der Waals surface area contributed by atoms with Crippen LogP contribution in [-0.2, 0) is 11.2 Å². The van der Waals surface area contributed by atoms with Gasteiger partial charge in [-0.25, -0.2) is 0 Å². The first kappa shape index (κ1) is 14.6. The predicted octanol–water partition coefficient (Wildman–Crippen LogP) is 2.68. The Bertz CT molecular complexity index is 287. The highest BCUT2D eigenvalue weighted by Crippen LogP contribution is 2.02. The maximum Gasteiger partial charge on any atom is 0.226 e. The Morgan fingerprint density at radius 3 is 2.31 bits per heavy atom. The van der Waals surface area contributed by atoms with Crippen molar-refractivity contribution >= 4 is 5.91 Å². The second-order valence-electron chi connectivity index (χ2n) is 3.48. The lowest BCUT2D eigenvalue weighted by atomic mass is 10.1. The summed E-state index contributed by atoms with van der Waals surface area (Å²) in [7, 11) is 2.36. The van der Waals surface area contributed by atoms with Crippen molar-refractivity contribution in [1.82, 2.24) is 4.90 Å². The van der Waals surface area contributed by atoms with E-state index in [0.717, 1.165) is 18.5 Å². The lowest BCUT2D eigenvalue weighted by Crippen LogP contribution is -2.28. The van der Waals surface area contributed by atoms with Gasteiger partial charge in [0, 0.05) is 13.6 Å². The fraction of sp³-hybridized carbons (Fsp3) is 0.462. The fourth-order valence-corrected chi connectivity index (χ4v) is 1.37. The van der Waals surface area contributed by atoms with Gasteiger partial charge in [0.1, 0.15) is 0 Å². The van der Waals surface area contributed by atoms with E-state index < -0.39 is 0 Å². The van der Waals surface area contributed by atoms with Gasteiger partial charge in [0.05, 0.1) is 13.6 Å². The van der Waals surface area contributed by atoms with E-state index in [-0.39, 0.29) is 5.91 Å². The summed E-state index contributed by atoms with van der Waals surface area (Å²) in [5.41, 5.74) is 1.08. The number of benzene rings is 1. The average molecular weight is 225 g/mol. The van der Waals surface area contributed by atoms with Crippen molar-refractivity contribution in [1.29, 1.82) is 0 Å². The number of hydrogen-bond acceptors (Lipinski definition) is 1. The van der Waals surface area contributed by atoms with E-state index in [0.29, 0.717) is 13.6 Å². The highest BCUT2D eigenvalue weighted by Gasteiger charge is 2.07. The Labute approximate surface area is 97.1 Å². The van der Waals surface area contributed by atoms with Crippen molar-refractivity contribution in [2.75, 3.05) is 20.8 Å². The van der Waals surface area contributed by atoms with Gasteiger partial charge in [0.2, 0.25) is 5.91 Å². The third-order valence-electron chi connectivity index (χ3n) is 2.18. The average Bonchev–Trinajstić information content (AvgIpc) is 2.33. The lowest BCUT2D eigenvalue weighted by molar-refractivity contribution is -0.129. The van der Waals surface area contributed by atoms with E-state index in [1.165, 1.54) is 0 Å². The van der Waals surface area contributed by atoms with Crippen LogP contribution >= 0.6 is 0 Å². The molecule has 0 atom stereocenters. The van der Waals surface area contributed by atoms with E-state index in [1.807, 2.05) is 37.4 Å². The zero-order chi connectivity index (χ0) is 12.4. The molecule has 3 heteroatoms. The van der Waals surface area contributed by atoms with Crippen LogP contribution in [0.25, 0.3) is 0 Å². The maximum atomic E-state index is 11.6. The predicted molar refractivity (Wildman–Crippen MR) is 65.1 cm³/mol. The summed E-state index contributed by atoms with van der Waals surface area (Å²) in [6.45, 7) is 2.91. The van der Waals surface area contributed by atoms with Crippen molar-refractivity contribution in [2.24, 2.45) is 0 Å². The zero-order valence-corrected chi connectivity index (χ0v) is 10.2. The highest BCUT2D eigenvalue weighted by molar-refractivity contribution is 5.78. The number of rotatable bonds is 4. The number of halogens is 1. The van der Waals surface area contributed by atoms with E-state index in [2.05, 4.69) is 6.92 Å². The third-order valence-corrected chi connectivity index (χ3v) is 2.18. The molecule has 0 spiro atoms. The van der Waals surface area contributed by atoms with Gasteiger partial charge in [-0.05, 0) is 12.0 Å². The van der Waals surface area contributed by atoms with Crippen LogP contribution in [0.1, 0.15) is 18.9 Å². The molecular formula is C13H20FNO. The first-order valence-electron chi connectivity index (χ1n) is 5.39. The minimum absolute atomic E-state index is 0.193. The van der Waals surface area contributed by atoms with E-state index in [1.54, 1.807) is 4.90 Å². The Kier molecular flexibility index (Phi) is 8.12. The molecule has 0 unspecified atom stereocenters. The summed E-state index contributed by atoms with van der Waals surface area (Å²) in [6.07, 6.45) is 1.52. The molecule has 0 aliphatic carbocycles. The van der Waals surface area contributed by atoms with Crippen LogP contribution in [0.5, 0.6) is 0 Å². The first-order chi connectivity index (χ1) is 7.74. The second kappa shape index (κ2) is 8.89. The van der Waals surface area contributed by atoms with Gasteiger partial charge in [0.25, 0.3) is 0 Å². The normalized spacial score (nSPS) is 9.00. The number of carbonyl (C=O) groups excluding carboxylic acids is 1. The van der Waals surface area contributed by atoms with Crippen molar-refractivity contribution in [3.63, 3.8) is 0 Å². The topological polar surface area (TPSA) is 20.3 Å². The van der Waals surface area contributed by atoms with E-state index in [9.17, 15) is 9.18 Å². The number of nitrogens with zero attached hydrogens (tertiary/aromatic N) is 1. The van der Waals surface area contributed by atoms with Gasteiger partial charge in [-0.3, -0.25) is 9.18 Å². The largest absolute Gasteiger partial charge is 0.345 e. The molecule has 16 heavy (non-hydrogen) atoms. The summed E-state index contributed by atoms with van der Waals surface area (Å²) in [5.74, 6) is 0.193. The quantitative estimate of drug-likeness (QED) is 0.771. The molecule has 0 bridgehead atoms. The fourth-order valence-electron chi connectivity index (χ4n) is 1.37. The van der Waals surface area contributed by atoms with Crippen molar-refractivity contribution in [2.45, 2.75) is 19.8 Å². The van der Waals surface area contributed by atoms with E-state index >= 15 is 0 Å². The molecule has 90 valence electrons. The number of amides is 1. The van der Waals surface area contributed by atoms with Crippen molar-refractivity contribution in [3.05, 3.63) is 35.9 Å². The van der Waals surface area contributed by atoms with Crippen molar-refractivity contribution in [3.8, 4) is 0 Å². The molecule has 1 rings (SSSR count). The molecule has 1 amide bonds. The molecule has 0 aliphatic rings. The molecule has 0 aromatic heterocycles. The molecule has 0 N–H and O–H groups in total. The second-order valence-corrected chi connectivity index (χ2v) is 3.48. The van der Waals surface area contributed by atoms with Crippen molar-refractivity contribution < 1.29 is 9.18 Å². The summed E-state index contributed by atoms with van der Waals surface area (Å²) >= 11 is 0. The molecule has 0 radical (unpaired) electrons.